The molecule has 0 aliphatic carbocycles. The van der Waals surface area contributed by atoms with Crippen LogP contribution in [0.15, 0.2) is 58.2 Å². The number of aryl methyl sites for hydroxylation is 3. The summed E-state index contributed by atoms with van der Waals surface area (Å²) in [6.45, 7) is 6.19. The number of nitrogens with zero attached hydrogens (tertiary/aromatic N) is 4. The molecular formula is C18H18N4S. The highest BCUT2D eigenvalue weighted by atomic mass is 32.1. The van der Waals surface area contributed by atoms with Crippen LogP contribution in [0.3, 0.4) is 0 Å². The molecule has 0 unspecified atom stereocenters. The van der Waals surface area contributed by atoms with Crippen LogP contribution in [0.5, 0.6) is 0 Å². The molecule has 0 fully saturated rings. The standard InChI is InChI=1S/C18H18N4S/c1-13-6-7-17(14(2)9-13)21-18-22(15(3)12-23-18)20-11-16-5-4-8-19-10-16/h4-12H,1-3H3. The Morgan fingerprint density at radius 1 is 1.17 bits per heavy atom. The fourth-order valence-corrected chi connectivity index (χ4v) is 3.03. The molecule has 0 spiro atoms. The third-order valence-electron chi connectivity index (χ3n) is 3.43. The molecule has 0 N–H and O–H groups in total. The van der Waals surface area contributed by atoms with Crippen molar-refractivity contribution in [2.45, 2.75) is 20.8 Å². The van der Waals surface area contributed by atoms with Gasteiger partial charge in [-0.2, -0.15) is 5.10 Å². The number of rotatable bonds is 3. The first kappa shape index (κ1) is 15.4. The van der Waals surface area contributed by atoms with E-state index >= 15 is 0 Å². The van der Waals surface area contributed by atoms with Gasteiger partial charge in [0.2, 0.25) is 4.80 Å². The van der Waals surface area contributed by atoms with E-state index in [9.17, 15) is 0 Å². The van der Waals surface area contributed by atoms with Crippen LogP contribution >= 0.6 is 11.3 Å². The predicted molar refractivity (Wildman–Crippen MR) is 95.4 cm³/mol. The molecule has 0 saturated heterocycles. The number of hydrogen-bond donors (Lipinski definition) is 0. The van der Waals surface area contributed by atoms with Gasteiger partial charge in [0.1, 0.15) is 0 Å². The van der Waals surface area contributed by atoms with Crippen molar-refractivity contribution in [2.75, 3.05) is 0 Å². The fourth-order valence-electron chi connectivity index (χ4n) is 2.21. The van der Waals surface area contributed by atoms with E-state index in [1.54, 1.807) is 29.9 Å². The van der Waals surface area contributed by atoms with Crippen molar-refractivity contribution in [3.05, 3.63) is 75.3 Å². The molecule has 2 heterocycles. The van der Waals surface area contributed by atoms with Crippen molar-refractivity contribution in [3.8, 4) is 0 Å². The summed E-state index contributed by atoms with van der Waals surface area (Å²) in [5.74, 6) is 0. The van der Waals surface area contributed by atoms with Gasteiger partial charge in [0.15, 0.2) is 0 Å². The van der Waals surface area contributed by atoms with Crippen molar-refractivity contribution >= 4 is 23.2 Å². The second-order valence-electron chi connectivity index (χ2n) is 5.40. The zero-order valence-corrected chi connectivity index (χ0v) is 14.2. The van der Waals surface area contributed by atoms with Crippen LogP contribution in [0.25, 0.3) is 0 Å². The lowest BCUT2D eigenvalue weighted by atomic mass is 10.1. The highest BCUT2D eigenvalue weighted by molar-refractivity contribution is 7.07. The van der Waals surface area contributed by atoms with Crippen molar-refractivity contribution < 1.29 is 0 Å². The number of thiazole rings is 1. The predicted octanol–water partition coefficient (Wildman–Crippen LogP) is 3.98. The van der Waals surface area contributed by atoms with Gasteiger partial charge < -0.3 is 0 Å². The fraction of sp³-hybridized carbons (Fsp3) is 0.167. The first-order chi connectivity index (χ1) is 11.1. The highest BCUT2D eigenvalue weighted by Crippen LogP contribution is 2.19. The van der Waals surface area contributed by atoms with Crippen LogP contribution in [0.4, 0.5) is 5.69 Å². The van der Waals surface area contributed by atoms with Crippen molar-refractivity contribution in [3.63, 3.8) is 0 Å². The Morgan fingerprint density at radius 3 is 2.78 bits per heavy atom. The molecule has 0 saturated carbocycles. The molecule has 23 heavy (non-hydrogen) atoms. The average molecular weight is 322 g/mol. The molecule has 3 aromatic rings. The van der Waals surface area contributed by atoms with Crippen LogP contribution in [0.1, 0.15) is 22.4 Å². The maximum atomic E-state index is 4.77. The van der Waals surface area contributed by atoms with Crippen molar-refractivity contribution in [1.29, 1.82) is 0 Å². The Labute approximate surface area is 139 Å². The van der Waals surface area contributed by atoms with E-state index < -0.39 is 0 Å². The Bertz CT molecular complexity index is 904. The van der Waals surface area contributed by atoms with Crippen molar-refractivity contribution in [2.24, 2.45) is 10.1 Å². The monoisotopic (exact) mass is 322 g/mol. The molecule has 1 aromatic carbocycles. The molecule has 0 amide bonds. The van der Waals surface area contributed by atoms with Crippen LogP contribution in [0, 0.1) is 20.8 Å². The van der Waals surface area contributed by atoms with Gasteiger partial charge in [0, 0.05) is 23.3 Å². The van der Waals surface area contributed by atoms with Crippen molar-refractivity contribution in [1.82, 2.24) is 9.66 Å². The lowest BCUT2D eigenvalue weighted by Gasteiger charge is -2.02. The summed E-state index contributed by atoms with van der Waals surface area (Å²) in [5.41, 5.74) is 5.40. The maximum absolute atomic E-state index is 4.77. The van der Waals surface area contributed by atoms with Gasteiger partial charge in [-0.1, -0.05) is 23.8 Å². The second-order valence-corrected chi connectivity index (χ2v) is 6.24. The Balaban J connectivity index is 2.02. The quantitative estimate of drug-likeness (QED) is 0.672. The summed E-state index contributed by atoms with van der Waals surface area (Å²) in [6, 6.07) is 10.1. The first-order valence-corrected chi connectivity index (χ1v) is 8.25. The number of benzene rings is 1. The van der Waals surface area contributed by atoms with E-state index in [4.69, 9.17) is 4.99 Å². The lowest BCUT2D eigenvalue weighted by molar-refractivity contribution is 0.809. The highest BCUT2D eigenvalue weighted by Gasteiger charge is 2.02. The minimum atomic E-state index is 0.856. The Hall–Kier alpha value is -2.53. The summed E-state index contributed by atoms with van der Waals surface area (Å²) in [6.07, 6.45) is 5.34. The molecule has 0 aliphatic heterocycles. The number of pyridine rings is 1. The lowest BCUT2D eigenvalue weighted by Crippen LogP contribution is -2.11. The largest absolute Gasteiger partial charge is 0.264 e. The van der Waals surface area contributed by atoms with E-state index in [1.165, 1.54) is 11.1 Å². The van der Waals surface area contributed by atoms with Gasteiger partial charge in [-0.15, -0.1) is 11.3 Å². The van der Waals surface area contributed by atoms with Crippen LogP contribution in [-0.4, -0.2) is 15.9 Å². The van der Waals surface area contributed by atoms with Gasteiger partial charge in [-0.25, -0.2) is 9.67 Å². The van der Waals surface area contributed by atoms with Gasteiger partial charge in [-0.05, 0) is 38.5 Å². The summed E-state index contributed by atoms with van der Waals surface area (Å²) in [5, 5.41) is 6.61. The van der Waals surface area contributed by atoms with E-state index in [-0.39, 0.29) is 0 Å². The SMILES string of the molecule is Cc1ccc(N=c2scc(C)n2N=Cc2cccnc2)c(C)c1. The minimum absolute atomic E-state index is 0.856. The molecular weight excluding hydrogens is 304 g/mol. The third-order valence-corrected chi connectivity index (χ3v) is 4.36. The summed E-state index contributed by atoms with van der Waals surface area (Å²) in [7, 11) is 0. The average Bonchev–Trinajstić information content (AvgIpc) is 2.89. The first-order valence-electron chi connectivity index (χ1n) is 7.37. The Kier molecular flexibility index (Phi) is 4.48. The van der Waals surface area contributed by atoms with E-state index in [2.05, 4.69) is 47.5 Å². The number of aromatic nitrogens is 2. The third kappa shape index (κ3) is 3.63. The normalized spacial score (nSPS) is 12.2. The topological polar surface area (TPSA) is 42.5 Å². The molecule has 0 bridgehead atoms. The van der Waals surface area contributed by atoms with Gasteiger partial charge >= 0.3 is 0 Å². The van der Waals surface area contributed by atoms with E-state index in [1.807, 2.05) is 23.7 Å². The maximum Gasteiger partial charge on any atom is 0.211 e. The van der Waals surface area contributed by atoms with Gasteiger partial charge in [0.25, 0.3) is 0 Å². The molecule has 116 valence electrons. The molecule has 4 nitrogen and oxygen atoms in total. The molecule has 3 rings (SSSR count). The summed E-state index contributed by atoms with van der Waals surface area (Å²) in [4.78, 5) is 9.72. The van der Waals surface area contributed by atoms with E-state index in [0.29, 0.717) is 0 Å². The van der Waals surface area contributed by atoms with E-state index in [0.717, 1.165) is 21.7 Å². The summed E-state index contributed by atoms with van der Waals surface area (Å²) < 4.78 is 1.86. The van der Waals surface area contributed by atoms with Gasteiger partial charge in [-0.3, -0.25) is 4.98 Å². The van der Waals surface area contributed by atoms with Crippen LogP contribution < -0.4 is 4.80 Å². The van der Waals surface area contributed by atoms with Crippen LogP contribution in [0.2, 0.25) is 0 Å². The zero-order valence-electron chi connectivity index (χ0n) is 13.4. The second kappa shape index (κ2) is 6.71. The minimum Gasteiger partial charge on any atom is -0.264 e. The smallest absolute Gasteiger partial charge is 0.211 e. The molecule has 0 atom stereocenters. The van der Waals surface area contributed by atoms with Crippen LogP contribution in [-0.2, 0) is 0 Å². The molecule has 5 heteroatoms. The number of hydrogen-bond acceptors (Lipinski definition) is 4. The molecule has 0 radical (unpaired) electrons. The summed E-state index contributed by atoms with van der Waals surface area (Å²) >= 11 is 1.59. The molecule has 0 aliphatic rings. The Morgan fingerprint density at radius 2 is 2.04 bits per heavy atom. The van der Waals surface area contributed by atoms with Gasteiger partial charge in [0.05, 0.1) is 17.6 Å². The molecule has 2 aromatic heterocycles. The zero-order chi connectivity index (χ0) is 16.2.